The number of nitrogens with zero attached hydrogens (tertiary/aromatic N) is 1. The van der Waals surface area contributed by atoms with Gasteiger partial charge in [-0.3, -0.25) is 14.4 Å². The molecular weight excluding hydrogens is 262 g/mol. The third-order valence-electron chi connectivity index (χ3n) is 3.75. The molecule has 0 aromatic rings. The van der Waals surface area contributed by atoms with Crippen LogP contribution in [0.1, 0.15) is 38.5 Å². The van der Waals surface area contributed by atoms with Gasteiger partial charge in [0.2, 0.25) is 11.8 Å². The number of hydrogen-bond acceptors (Lipinski definition) is 4. The van der Waals surface area contributed by atoms with Crippen molar-refractivity contribution in [1.29, 1.82) is 0 Å². The molecule has 1 saturated carbocycles. The molecule has 2 atom stereocenters. The van der Waals surface area contributed by atoms with Crippen LogP contribution in [0.4, 0.5) is 0 Å². The van der Waals surface area contributed by atoms with E-state index in [-0.39, 0.29) is 30.7 Å². The first kappa shape index (κ1) is 14.8. The fraction of sp³-hybridized carbons (Fsp3) is 0.769. The van der Waals surface area contributed by atoms with Gasteiger partial charge in [-0.1, -0.05) is 0 Å². The van der Waals surface area contributed by atoms with E-state index < -0.39 is 18.1 Å². The van der Waals surface area contributed by atoms with Crippen molar-refractivity contribution < 1.29 is 19.5 Å². The molecule has 7 nitrogen and oxygen atoms in total. The molecule has 2 amide bonds. The number of rotatable bonds is 6. The average molecular weight is 283 g/mol. The summed E-state index contributed by atoms with van der Waals surface area (Å²) in [7, 11) is 0. The van der Waals surface area contributed by atoms with Crippen molar-refractivity contribution >= 4 is 17.8 Å². The highest BCUT2D eigenvalue weighted by Gasteiger charge is 2.37. The van der Waals surface area contributed by atoms with E-state index in [0.717, 1.165) is 19.3 Å². The summed E-state index contributed by atoms with van der Waals surface area (Å²) in [5, 5.41) is 11.5. The largest absolute Gasteiger partial charge is 0.481 e. The van der Waals surface area contributed by atoms with Crippen molar-refractivity contribution in [3.05, 3.63) is 0 Å². The zero-order valence-corrected chi connectivity index (χ0v) is 11.4. The number of nitrogens with one attached hydrogen (secondary N) is 1. The third kappa shape index (κ3) is 3.69. The Bertz CT molecular complexity index is 408. The Labute approximate surface area is 117 Å². The lowest BCUT2D eigenvalue weighted by atomic mass is 10.1. The van der Waals surface area contributed by atoms with Gasteiger partial charge in [0.25, 0.3) is 0 Å². The Morgan fingerprint density at radius 1 is 1.30 bits per heavy atom. The molecule has 20 heavy (non-hydrogen) atoms. The molecule has 1 saturated heterocycles. The number of carboxylic acids is 1. The number of likely N-dealkylation sites (tertiary alicyclic amines) is 1. The fourth-order valence-corrected chi connectivity index (χ4v) is 2.44. The quantitative estimate of drug-likeness (QED) is 0.605. The number of nitrogens with two attached hydrogens (primary N) is 1. The van der Waals surface area contributed by atoms with Gasteiger partial charge in [0.05, 0.1) is 6.04 Å². The molecule has 1 aliphatic heterocycles. The number of amides is 2. The molecule has 0 spiro atoms. The number of hydrogen-bond donors (Lipinski definition) is 3. The van der Waals surface area contributed by atoms with Crippen LogP contribution >= 0.6 is 0 Å². The highest BCUT2D eigenvalue weighted by Crippen LogP contribution is 2.23. The van der Waals surface area contributed by atoms with E-state index in [1.165, 1.54) is 4.90 Å². The van der Waals surface area contributed by atoms with Crippen LogP contribution in [0, 0.1) is 0 Å². The molecule has 2 unspecified atom stereocenters. The Morgan fingerprint density at radius 2 is 2.00 bits per heavy atom. The van der Waals surface area contributed by atoms with Crippen LogP contribution in [0.3, 0.4) is 0 Å². The molecule has 2 fully saturated rings. The van der Waals surface area contributed by atoms with Gasteiger partial charge >= 0.3 is 5.97 Å². The summed E-state index contributed by atoms with van der Waals surface area (Å²) < 4.78 is 0. The van der Waals surface area contributed by atoms with Gasteiger partial charge in [0.15, 0.2) is 0 Å². The smallest absolute Gasteiger partial charge is 0.303 e. The summed E-state index contributed by atoms with van der Waals surface area (Å²) in [5.74, 6) is -1.40. The van der Waals surface area contributed by atoms with E-state index in [0.29, 0.717) is 13.0 Å². The summed E-state index contributed by atoms with van der Waals surface area (Å²) in [6.45, 7) is 0.516. The lowest BCUT2D eigenvalue weighted by Gasteiger charge is -2.26. The van der Waals surface area contributed by atoms with Crippen LogP contribution in [-0.2, 0) is 14.4 Å². The van der Waals surface area contributed by atoms with Crippen LogP contribution in [0.15, 0.2) is 0 Å². The average Bonchev–Trinajstić information content (AvgIpc) is 3.07. The molecule has 0 bridgehead atoms. The summed E-state index contributed by atoms with van der Waals surface area (Å²) in [4.78, 5) is 36.3. The number of carbonyl (C=O) groups is 3. The maximum Gasteiger partial charge on any atom is 0.303 e. The Kier molecular flexibility index (Phi) is 4.59. The SMILES string of the molecule is NC(CCC(=O)O)C(=O)N1CCCC1C(=O)NC1CC1. The monoisotopic (exact) mass is 283 g/mol. The van der Waals surface area contributed by atoms with Crippen molar-refractivity contribution in [3.63, 3.8) is 0 Å². The second-order valence-corrected chi connectivity index (χ2v) is 5.51. The molecule has 0 radical (unpaired) electrons. The van der Waals surface area contributed by atoms with Gasteiger partial charge in [-0.25, -0.2) is 0 Å². The fourth-order valence-electron chi connectivity index (χ4n) is 2.44. The normalized spacial score (nSPS) is 23.4. The van der Waals surface area contributed by atoms with E-state index in [1.54, 1.807) is 0 Å². The second kappa shape index (κ2) is 6.21. The molecular formula is C13H21N3O4. The molecule has 1 aliphatic carbocycles. The van der Waals surface area contributed by atoms with Crippen LogP contribution in [-0.4, -0.2) is 52.5 Å². The molecule has 4 N–H and O–H groups in total. The molecule has 7 heteroatoms. The highest BCUT2D eigenvalue weighted by atomic mass is 16.4. The highest BCUT2D eigenvalue weighted by molar-refractivity contribution is 5.90. The van der Waals surface area contributed by atoms with Crippen LogP contribution in [0.5, 0.6) is 0 Å². The van der Waals surface area contributed by atoms with Crippen LogP contribution in [0.25, 0.3) is 0 Å². The van der Waals surface area contributed by atoms with Crippen molar-refractivity contribution in [2.75, 3.05) is 6.54 Å². The summed E-state index contributed by atoms with van der Waals surface area (Å²) in [6.07, 6.45) is 3.40. The number of carbonyl (C=O) groups excluding carboxylic acids is 2. The Balaban J connectivity index is 1.89. The van der Waals surface area contributed by atoms with E-state index >= 15 is 0 Å². The maximum atomic E-state index is 12.2. The topological polar surface area (TPSA) is 113 Å². The maximum absolute atomic E-state index is 12.2. The van der Waals surface area contributed by atoms with E-state index in [9.17, 15) is 14.4 Å². The number of carboxylic acid groups (broad SMARTS) is 1. The van der Waals surface area contributed by atoms with Gasteiger partial charge in [-0.15, -0.1) is 0 Å². The number of aliphatic carboxylic acids is 1. The molecule has 0 aromatic carbocycles. The predicted molar refractivity (Wildman–Crippen MR) is 70.7 cm³/mol. The van der Waals surface area contributed by atoms with Crippen molar-refractivity contribution in [3.8, 4) is 0 Å². The zero-order valence-electron chi connectivity index (χ0n) is 11.4. The predicted octanol–water partition coefficient (Wildman–Crippen LogP) is -0.552. The zero-order chi connectivity index (χ0) is 14.7. The lowest BCUT2D eigenvalue weighted by molar-refractivity contribution is -0.140. The van der Waals surface area contributed by atoms with Gasteiger partial charge in [-0.2, -0.15) is 0 Å². The van der Waals surface area contributed by atoms with E-state index in [1.807, 2.05) is 0 Å². The first-order valence-electron chi connectivity index (χ1n) is 7.07. The Morgan fingerprint density at radius 3 is 2.60 bits per heavy atom. The first-order chi connectivity index (χ1) is 9.49. The second-order valence-electron chi connectivity index (χ2n) is 5.51. The third-order valence-corrected chi connectivity index (χ3v) is 3.75. The van der Waals surface area contributed by atoms with Gasteiger partial charge in [-0.05, 0) is 32.1 Å². The minimum atomic E-state index is -0.974. The van der Waals surface area contributed by atoms with E-state index in [4.69, 9.17) is 10.8 Å². The first-order valence-corrected chi connectivity index (χ1v) is 7.07. The van der Waals surface area contributed by atoms with Crippen molar-refractivity contribution in [2.45, 2.75) is 56.7 Å². The standard InChI is InChI=1S/C13H21N3O4/c14-9(5-6-11(17)18)13(20)16-7-1-2-10(16)12(19)15-8-3-4-8/h8-10H,1-7,14H2,(H,15,19)(H,17,18). The van der Waals surface area contributed by atoms with Gasteiger partial charge in [0.1, 0.15) is 6.04 Å². The van der Waals surface area contributed by atoms with Gasteiger partial charge in [0, 0.05) is 19.0 Å². The molecule has 1 heterocycles. The molecule has 2 aliphatic rings. The van der Waals surface area contributed by atoms with Crippen LogP contribution in [0.2, 0.25) is 0 Å². The van der Waals surface area contributed by atoms with Gasteiger partial charge < -0.3 is 21.1 Å². The lowest BCUT2D eigenvalue weighted by Crippen LogP contribution is -2.51. The summed E-state index contributed by atoms with van der Waals surface area (Å²) in [5.41, 5.74) is 5.74. The van der Waals surface area contributed by atoms with Crippen molar-refractivity contribution in [2.24, 2.45) is 5.73 Å². The summed E-state index contributed by atoms with van der Waals surface area (Å²) >= 11 is 0. The van der Waals surface area contributed by atoms with Crippen LogP contribution < -0.4 is 11.1 Å². The molecule has 0 aromatic heterocycles. The Hall–Kier alpha value is -1.63. The summed E-state index contributed by atoms with van der Waals surface area (Å²) in [6, 6.07) is -1.03. The molecule has 112 valence electrons. The van der Waals surface area contributed by atoms with Crippen molar-refractivity contribution in [1.82, 2.24) is 10.2 Å². The minimum absolute atomic E-state index is 0.0988. The van der Waals surface area contributed by atoms with E-state index in [2.05, 4.69) is 5.32 Å². The molecule has 2 rings (SSSR count). The minimum Gasteiger partial charge on any atom is -0.481 e.